The molecule has 1 aliphatic heterocycles. The third-order valence-electron chi connectivity index (χ3n) is 4.55. The molecule has 0 atom stereocenters. The number of anilines is 1. The zero-order chi connectivity index (χ0) is 19.3. The van der Waals surface area contributed by atoms with Gasteiger partial charge in [0.1, 0.15) is 23.9 Å². The average molecular weight is 378 g/mol. The Morgan fingerprint density at radius 2 is 1.93 bits per heavy atom. The number of hydrogen-bond acceptors (Lipinski definition) is 7. The fourth-order valence-corrected chi connectivity index (χ4v) is 3.18. The van der Waals surface area contributed by atoms with Gasteiger partial charge in [0.05, 0.1) is 23.8 Å². The fraction of sp³-hybridized carbons (Fsp3) is 0.350. The van der Waals surface area contributed by atoms with Gasteiger partial charge in [0.15, 0.2) is 0 Å². The molecule has 1 aromatic carbocycles. The molecule has 3 heterocycles. The van der Waals surface area contributed by atoms with Crippen molar-refractivity contribution in [2.24, 2.45) is 0 Å². The van der Waals surface area contributed by atoms with E-state index in [4.69, 9.17) is 4.74 Å². The third-order valence-corrected chi connectivity index (χ3v) is 4.55. The van der Waals surface area contributed by atoms with Crippen LogP contribution < -0.4 is 15.0 Å². The summed E-state index contributed by atoms with van der Waals surface area (Å²) in [7, 11) is 0. The number of ether oxygens (including phenoxy) is 1. The van der Waals surface area contributed by atoms with Crippen LogP contribution in [0.1, 0.15) is 29.2 Å². The van der Waals surface area contributed by atoms with Gasteiger partial charge < -0.3 is 15.0 Å². The number of hydrogen-bond donors (Lipinski definition) is 1. The van der Waals surface area contributed by atoms with Gasteiger partial charge in [-0.2, -0.15) is 4.98 Å². The molecule has 8 heteroatoms. The van der Waals surface area contributed by atoms with Gasteiger partial charge in [-0.1, -0.05) is 12.1 Å². The third kappa shape index (κ3) is 4.16. The minimum atomic E-state index is -0.279. The number of aromatic nitrogens is 4. The van der Waals surface area contributed by atoms with Gasteiger partial charge in [-0.3, -0.25) is 9.78 Å². The molecular weight excluding hydrogens is 356 g/mol. The maximum absolute atomic E-state index is 12.3. The average Bonchev–Trinajstić information content (AvgIpc) is 3.25. The first-order chi connectivity index (χ1) is 13.7. The van der Waals surface area contributed by atoms with E-state index in [1.54, 1.807) is 0 Å². The Balaban J connectivity index is 1.32. The van der Waals surface area contributed by atoms with Crippen molar-refractivity contribution < 1.29 is 9.53 Å². The van der Waals surface area contributed by atoms with E-state index in [1.807, 2.05) is 37.3 Å². The Hall–Kier alpha value is -3.29. The first-order valence-electron chi connectivity index (χ1n) is 9.42. The zero-order valence-electron chi connectivity index (χ0n) is 15.8. The van der Waals surface area contributed by atoms with E-state index >= 15 is 0 Å². The molecule has 8 nitrogen and oxygen atoms in total. The Bertz CT molecular complexity index is 987. The van der Waals surface area contributed by atoms with Crippen LogP contribution in [0.5, 0.6) is 5.88 Å². The van der Waals surface area contributed by atoms with E-state index in [1.165, 1.54) is 19.0 Å². The van der Waals surface area contributed by atoms with E-state index in [0.717, 1.165) is 24.4 Å². The van der Waals surface area contributed by atoms with Crippen molar-refractivity contribution >= 4 is 22.8 Å². The van der Waals surface area contributed by atoms with Crippen LogP contribution in [-0.4, -0.2) is 52.1 Å². The Kier molecular flexibility index (Phi) is 5.27. The number of nitrogens with one attached hydrogen (secondary N) is 1. The van der Waals surface area contributed by atoms with Crippen LogP contribution in [0.2, 0.25) is 0 Å². The number of benzene rings is 1. The number of carbonyl (C=O) groups is 1. The lowest BCUT2D eigenvalue weighted by atomic mass is 10.3. The fourth-order valence-electron chi connectivity index (χ4n) is 3.18. The van der Waals surface area contributed by atoms with Gasteiger partial charge >= 0.3 is 0 Å². The lowest BCUT2D eigenvalue weighted by Gasteiger charge is -2.17. The summed E-state index contributed by atoms with van der Waals surface area (Å²) < 4.78 is 5.72. The van der Waals surface area contributed by atoms with Crippen molar-refractivity contribution in [3.8, 4) is 5.88 Å². The van der Waals surface area contributed by atoms with Crippen molar-refractivity contribution in [1.29, 1.82) is 0 Å². The normalized spacial score (nSPS) is 13.7. The van der Waals surface area contributed by atoms with Crippen LogP contribution >= 0.6 is 0 Å². The summed E-state index contributed by atoms with van der Waals surface area (Å²) in [4.78, 5) is 31.9. The number of rotatable bonds is 6. The van der Waals surface area contributed by atoms with Crippen LogP contribution in [0.3, 0.4) is 0 Å². The highest BCUT2D eigenvalue weighted by atomic mass is 16.5. The second-order valence-corrected chi connectivity index (χ2v) is 6.65. The molecule has 3 aromatic rings. The standard InChI is InChI=1S/C20H22N6O2/c1-14-23-18(26-9-4-5-10-26)12-19(24-14)28-11-8-21-20(27)17-13-22-15-6-2-3-7-16(15)25-17/h2-3,6-7,12-13H,4-5,8-11H2,1H3,(H,21,27). The molecule has 0 radical (unpaired) electrons. The number of fused-ring (bicyclic) bond motifs is 1. The Morgan fingerprint density at radius 3 is 2.75 bits per heavy atom. The minimum Gasteiger partial charge on any atom is -0.476 e. The molecule has 1 amide bonds. The maximum atomic E-state index is 12.3. The molecule has 0 saturated carbocycles. The Labute approximate surface area is 163 Å². The molecule has 1 fully saturated rings. The molecule has 1 N–H and O–H groups in total. The van der Waals surface area contributed by atoms with Gasteiger partial charge in [-0.05, 0) is 31.9 Å². The molecule has 4 rings (SSSR count). The molecule has 0 unspecified atom stereocenters. The van der Waals surface area contributed by atoms with E-state index < -0.39 is 0 Å². The van der Waals surface area contributed by atoms with Crippen LogP contribution in [-0.2, 0) is 0 Å². The van der Waals surface area contributed by atoms with Crippen LogP contribution in [0.4, 0.5) is 5.82 Å². The van der Waals surface area contributed by atoms with Crippen LogP contribution in [0, 0.1) is 6.92 Å². The SMILES string of the molecule is Cc1nc(OCCNC(=O)c2cnc3ccccc3n2)cc(N2CCCC2)n1. The molecule has 144 valence electrons. The second kappa shape index (κ2) is 8.16. The van der Waals surface area contributed by atoms with Crippen molar-refractivity contribution in [1.82, 2.24) is 25.3 Å². The molecule has 0 bridgehead atoms. The number of para-hydroxylation sites is 2. The van der Waals surface area contributed by atoms with Gasteiger partial charge in [0.2, 0.25) is 5.88 Å². The van der Waals surface area contributed by atoms with Crippen molar-refractivity contribution in [2.75, 3.05) is 31.1 Å². The predicted octanol–water partition coefficient (Wildman–Crippen LogP) is 2.14. The Morgan fingerprint density at radius 1 is 1.14 bits per heavy atom. The predicted molar refractivity (Wildman–Crippen MR) is 106 cm³/mol. The molecule has 2 aromatic heterocycles. The number of aryl methyl sites for hydroxylation is 1. The largest absolute Gasteiger partial charge is 0.476 e. The topological polar surface area (TPSA) is 93.1 Å². The zero-order valence-corrected chi connectivity index (χ0v) is 15.8. The molecule has 0 spiro atoms. The van der Waals surface area contributed by atoms with Crippen molar-refractivity contribution in [3.63, 3.8) is 0 Å². The highest BCUT2D eigenvalue weighted by Crippen LogP contribution is 2.21. The summed E-state index contributed by atoms with van der Waals surface area (Å²) in [5.41, 5.74) is 1.74. The summed E-state index contributed by atoms with van der Waals surface area (Å²) in [6.07, 6.45) is 3.85. The van der Waals surface area contributed by atoms with Crippen LogP contribution in [0.25, 0.3) is 11.0 Å². The highest BCUT2D eigenvalue weighted by molar-refractivity contribution is 5.93. The molecule has 28 heavy (non-hydrogen) atoms. The first-order valence-corrected chi connectivity index (χ1v) is 9.42. The molecule has 1 saturated heterocycles. The first kappa shape index (κ1) is 18.1. The number of amides is 1. The van der Waals surface area contributed by atoms with Crippen molar-refractivity contribution in [2.45, 2.75) is 19.8 Å². The van der Waals surface area contributed by atoms with E-state index in [2.05, 4.69) is 30.2 Å². The summed E-state index contributed by atoms with van der Waals surface area (Å²) in [6, 6.07) is 9.30. The molecule has 1 aliphatic rings. The number of nitrogens with zero attached hydrogens (tertiary/aromatic N) is 5. The van der Waals surface area contributed by atoms with Crippen LogP contribution in [0.15, 0.2) is 36.5 Å². The number of carbonyl (C=O) groups excluding carboxylic acids is 1. The summed E-state index contributed by atoms with van der Waals surface area (Å²) in [6.45, 7) is 4.53. The van der Waals surface area contributed by atoms with E-state index in [-0.39, 0.29) is 11.6 Å². The van der Waals surface area contributed by atoms with Gasteiger partial charge in [0, 0.05) is 19.2 Å². The van der Waals surface area contributed by atoms with Crippen molar-refractivity contribution in [3.05, 3.63) is 48.0 Å². The van der Waals surface area contributed by atoms with Gasteiger partial charge in [-0.25, -0.2) is 9.97 Å². The monoisotopic (exact) mass is 378 g/mol. The summed E-state index contributed by atoms with van der Waals surface area (Å²) in [5, 5.41) is 2.80. The minimum absolute atomic E-state index is 0.279. The maximum Gasteiger partial charge on any atom is 0.271 e. The van der Waals surface area contributed by atoms with E-state index in [9.17, 15) is 4.79 Å². The smallest absolute Gasteiger partial charge is 0.271 e. The van der Waals surface area contributed by atoms with Gasteiger partial charge in [0.25, 0.3) is 5.91 Å². The molecular formula is C20H22N6O2. The quantitative estimate of drug-likeness (QED) is 0.657. The summed E-state index contributed by atoms with van der Waals surface area (Å²) >= 11 is 0. The van der Waals surface area contributed by atoms with Gasteiger partial charge in [-0.15, -0.1) is 0 Å². The van der Waals surface area contributed by atoms with E-state index in [0.29, 0.717) is 30.4 Å². The lowest BCUT2D eigenvalue weighted by molar-refractivity contribution is 0.0941. The lowest BCUT2D eigenvalue weighted by Crippen LogP contribution is -2.29. The highest BCUT2D eigenvalue weighted by Gasteiger charge is 2.15. The summed E-state index contributed by atoms with van der Waals surface area (Å²) in [5.74, 6) is 1.82. The second-order valence-electron chi connectivity index (χ2n) is 6.65. The molecule has 0 aliphatic carbocycles.